The minimum Gasteiger partial charge on any atom is -0.465 e. The monoisotopic (exact) mass is 393 g/mol. The fourth-order valence-electron chi connectivity index (χ4n) is 4.43. The molecule has 0 aromatic rings. The van der Waals surface area contributed by atoms with Crippen LogP contribution in [-0.2, 0) is 0 Å². The third-order valence-electron chi connectivity index (χ3n) is 6.05. The van der Waals surface area contributed by atoms with E-state index in [9.17, 15) is 15.0 Å². The van der Waals surface area contributed by atoms with Gasteiger partial charge in [0.1, 0.15) is 0 Å². The van der Waals surface area contributed by atoms with Gasteiger partial charge < -0.3 is 15.3 Å². The van der Waals surface area contributed by atoms with Gasteiger partial charge in [-0.25, -0.2) is 4.79 Å². The summed E-state index contributed by atoms with van der Waals surface area (Å²) in [5.74, 6) is 0. The maximum atomic E-state index is 11.4. The molecule has 2 bridgehead atoms. The maximum absolute atomic E-state index is 11.4. The summed E-state index contributed by atoms with van der Waals surface area (Å²) in [6, 6.07) is 0.0143. The highest BCUT2D eigenvalue weighted by Crippen LogP contribution is 2.53. The molecular formula is C20H40ClNO4. The van der Waals surface area contributed by atoms with Gasteiger partial charge in [0.05, 0.1) is 17.7 Å². The Kier molecular flexibility index (Phi) is 10.5. The third kappa shape index (κ3) is 6.00. The number of rotatable bonds is 5. The average Bonchev–Trinajstić information content (AvgIpc) is 2.78. The molecule has 26 heavy (non-hydrogen) atoms. The Labute approximate surface area is 165 Å². The second kappa shape index (κ2) is 10.7. The zero-order chi connectivity index (χ0) is 19.3. The number of amides is 1. The lowest BCUT2D eigenvalue weighted by Gasteiger charge is -2.52. The zero-order valence-corrected chi connectivity index (χ0v) is 18.0. The predicted molar refractivity (Wildman–Crippen MR) is 108 cm³/mol. The lowest BCUT2D eigenvalue weighted by atomic mass is 9.68. The Bertz CT molecular complexity index is 427. The topological polar surface area (TPSA) is 81.0 Å². The van der Waals surface area contributed by atoms with Crippen molar-refractivity contribution in [1.29, 1.82) is 0 Å². The van der Waals surface area contributed by atoms with Crippen molar-refractivity contribution in [1.82, 2.24) is 4.90 Å². The fourth-order valence-corrected chi connectivity index (χ4v) is 4.43. The van der Waals surface area contributed by atoms with Crippen molar-refractivity contribution in [2.24, 2.45) is 5.41 Å². The average molecular weight is 394 g/mol. The second-order valence-electron chi connectivity index (χ2n) is 8.78. The van der Waals surface area contributed by atoms with E-state index in [2.05, 4.69) is 27.7 Å². The number of aliphatic hydroxyl groups is 2. The van der Waals surface area contributed by atoms with Crippen LogP contribution in [0.25, 0.3) is 0 Å². The highest BCUT2D eigenvalue weighted by Gasteiger charge is 2.59. The number of piperidine rings is 1. The van der Waals surface area contributed by atoms with E-state index in [1.54, 1.807) is 4.90 Å². The molecule has 0 aliphatic carbocycles. The molecule has 0 spiro atoms. The Morgan fingerprint density at radius 2 is 1.88 bits per heavy atom. The number of aliphatic hydroxyl groups excluding tert-OH is 2. The number of nitrogens with zero attached hydrogens (tertiary/aromatic N) is 1. The van der Waals surface area contributed by atoms with Gasteiger partial charge in [-0.2, -0.15) is 0 Å². The molecule has 1 amide bonds. The molecule has 4 unspecified atom stereocenters. The summed E-state index contributed by atoms with van der Waals surface area (Å²) in [6.07, 6.45) is 7.32. The van der Waals surface area contributed by atoms with Gasteiger partial charge in [0.25, 0.3) is 0 Å². The molecule has 2 fully saturated rings. The van der Waals surface area contributed by atoms with E-state index in [1.807, 2.05) is 6.92 Å². The van der Waals surface area contributed by atoms with Crippen molar-refractivity contribution < 1.29 is 20.1 Å². The lowest BCUT2D eigenvalue weighted by molar-refractivity contribution is -0.0588. The van der Waals surface area contributed by atoms with E-state index >= 15 is 0 Å². The number of hydrogen-bond acceptors (Lipinski definition) is 3. The highest BCUT2D eigenvalue weighted by molar-refractivity contribution is 5.85. The first-order valence-electron chi connectivity index (χ1n) is 9.97. The first-order chi connectivity index (χ1) is 11.6. The van der Waals surface area contributed by atoms with Crippen LogP contribution in [0.3, 0.4) is 0 Å². The number of fused-ring (bicyclic) bond motifs is 2. The fraction of sp³-hybridized carbons (Fsp3) is 0.950. The standard InChI is InChI=1S/C12H21NO3.C8H18O.ClH/c1-11(2,3)12-5-4-8(6-9(14)7-12)13(12)10(15)16;1-3-5-6-7-8(9)4-2;/h8-9,14H,4-7H2,1-3H3,(H,15,16);8-9H,3-7H2,1-2H3;1H. The molecule has 3 N–H and O–H groups in total. The highest BCUT2D eigenvalue weighted by atomic mass is 35.5. The molecule has 4 atom stereocenters. The molecular weight excluding hydrogens is 354 g/mol. The van der Waals surface area contributed by atoms with Crippen molar-refractivity contribution in [3.8, 4) is 0 Å². The number of halogens is 1. The molecule has 5 nitrogen and oxygen atoms in total. The van der Waals surface area contributed by atoms with Gasteiger partial charge in [-0.1, -0.05) is 53.9 Å². The molecule has 2 aliphatic rings. The van der Waals surface area contributed by atoms with Gasteiger partial charge >= 0.3 is 6.09 Å². The first kappa shape index (κ1) is 25.5. The smallest absolute Gasteiger partial charge is 0.408 e. The van der Waals surface area contributed by atoms with E-state index in [0.717, 1.165) is 25.7 Å². The summed E-state index contributed by atoms with van der Waals surface area (Å²) in [5.41, 5.74) is -0.497. The zero-order valence-electron chi connectivity index (χ0n) is 17.2. The maximum Gasteiger partial charge on any atom is 0.408 e. The van der Waals surface area contributed by atoms with Crippen LogP contribution in [0.1, 0.15) is 92.4 Å². The summed E-state index contributed by atoms with van der Waals surface area (Å²) >= 11 is 0. The summed E-state index contributed by atoms with van der Waals surface area (Å²) in [6.45, 7) is 10.4. The Balaban J connectivity index is 0.000000543. The van der Waals surface area contributed by atoms with E-state index < -0.39 is 6.09 Å². The SMILES string of the molecule is CC(C)(C)C12CCC(CC(O)C1)N2C(=O)O.CCCCCC(O)CC.Cl. The van der Waals surface area contributed by atoms with Crippen LogP contribution in [0, 0.1) is 5.41 Å². The van der Waals surface area contributed by atoms with Crippen LogP contribution >= 0.6 is 12.4 Å². The number of carboxylic acid groups (broad SMARTS) is 1. The van der Waals surface area contributed by atoms with Gasteiger partial charge in [-0.05, 0) is 43.9 Å². The molecule has 2 heterocycles. The molecule has 0 aromatic carbocycles. The second-order valence-corrected chi connectivity index (χ2v) is 8.78. The minimum atomic E-state index is -0.829. The van der Waals surface area contributed by atoms with Crippen LogP contribution in [0.4, 0.5) is 4.79 Å². The largest absolute Gasteiger partial charge is 0.465 e. The minimum absolute atomic E-state index is 0. The van der Waals surface area contributed by atoms with Gasteiger partial charge in [0.2, 0.25) is 0 Å². The molecule has 156 valence electrons. The van der Waals surface area contributed by atoms with Crippen molar-refractivity contribution in [2.45, 2.75) is 116 Å². The van der Waals surface area contributed by atoms with Crippen molar-refractivity contribution in [2.75, 3.05) is 0 Å². The van der Waals surface area contributed by atoms with Gasteiger partial charge in [0, 0.05) is 6.04 Å². The molecule has 0 saturated carbocycles. The van der Waals surface area contributed by atoms with E-state index in [4.69, 9.17) is 5.11 Å². The van der Waals surface area contributed by atoms with Crippen LogP contribution in [0.5, 0.6) is 0 Å². The molecule has 2 saturated heterocycles. The van der Waals surface area contributed by atoms with Gasteiger partial charge in [0.15, 0.2) is 0 Å². The molecule has 0 aromatic heterocycles. The van der Waals surface area contributed by atoms with E-state index in [-0.39, 0.29) is 41.6 Å². The summed E-state index contributed by atoms with van der Waals surface area (Å²) < 4.78 is 0. The summed E-state index contributed by atoms with van der Waals surface area (Å²) in [5, 5.41) is 28.4. The number of carbonyl (C=O) groups is 1. The Hall–Kier alpha value is -0.520. The van der Waals surface area contributed by atoms with Gasteiger partial charge in [-0.3, -0.25) is 4.90 Å². The van der Waals surface area contributed by atoms with Gasteiger partial charge in [-0.15, -0.1) is 12.4 Å². The van der Waals surface area contributed by atoms with Crippen molar-refractivity contribution in [3.63, 3.8) is 0 Å². The molecule has 0 radical (unpaired) electrons. The summed E-state index contributed by atoms with van der Waals surface area (Å²) in [7, 11) is 0. The lowest BCUT2D eigenvalue weighted by Crippen LogP contribution is -2.62. The van der Waals surface area contributed by atoms with Crippen LogP contribution in [0.15, 0.2) is 0 Å². The first-order valence-corrected chi connectivity index (χ1v) is 9.97. The third-order valence-corrected chi connectivity index (χ3v) is 6.05. The Morgan fingerprint density at radius 3 is 2.35 bits per heavy atom. The molecule has 2 aliphatic heterocycles. The van der Waals surface area contributed by atoms with E-state index in [0.29, 0.717) is 12.8 Å². The van der Waals surface area contributed by atoms with Crippen LogP contribution in [0.2, 0.25) is 0 Å². The van der Waals surface area contributed by atoms with Crippen LogP contribution in [-0.4, -0.2) is 50.1 Å². The quantitative estimate of drug-likeness (QED) is 0.584. The molecule has 6 heteroatoms. The van der Waals surface area contributed by atoms with E-state index in [1.165, 1.54) is 19.3 Å². The number of hydrogen-bond donors (Lipinski definition) is 3. The predicted octanol–water partition coefficient (Wildman–Crippen LogP) is 4.83. The molecule has 2 rings (SSSR count). The normalized spacial score (nSPS) is 28.7. The Morgan fingerprint density at radius 1 is 1.27 bits per heavy atom. The summed E-state index contributed by atoms with van der Waals surface area (Å²) in [4.78, 5) is 13.0. The van der Waals surface area contributed by atoms with Crippen LogP contribution < -0.4 is 0 Å². The van der Waals surface area contributed by atoms with Crippen molar-refractivity contribution in [3.05, 3.63) is 0 Å². The number of unbranched alkanes of at least 4 members (excludes halogenated alkanes) is 2. The van der Waals surface area contributed by atoms with Crippen molar-refractivity contribution >= 4 is 18.5 Å².